The van der Waals surface area contributed by atoms with Crippen molar-refractivity contribution in [1.82, 2.24) is 4.90 Å². The number of hydrogen-bond donors (Lipinski definition) is 1. The molecule has 1 atom stereocenters. The van der Waals surface area contributed by atoms with Gasteiger partial charge in [0.15, 0.2) is 0 Å². The van der Waals surface area contributed by atoms with Crippen molar-refractivity contribution in [2.45, 2.75) is 20.0 Å². The third-order valence-electron chi connectivity index (χ3n) is 5.46. The lowest BCUT2D eigenvalue weighted by molar-refractivity contribution is 0.00706. The molecule has 0 spiro atoms. The van der Waals surface area contributed by atoms with Crippen LogP contribution in [0.15, 0.2) is 42.5 Å². The fraction of sp³-hybridized carbons (Fsp3) is 0.500. The van der Waals surface area contributed by atoms with Crippen LogP contribution in [0.1, 0.15) is 11.1 Å². The number of aliphatic hydroxyl groups is 1. The summed E-state index contributed by atoms with van der Waals surface area (Å²) in [6.45, 7) is 9.62. The van der Waals surface area contributed by atoms with Gasteiger partial charge < -0.3 is 24.2 Å². The molecule has 1 unspecified atom stereocenters. The number of aryl methyl sites for hydroxylation is 2. The van der Waals surface area contributed by atoms with E-state index in [1.165, 1.54) is 0 Å². The van der Waals surface area contributed by atoms with E-state index in [4.69, 9.17) is 14.2 Å². The minimum atomic E-state index is -0.497. The van der Waals surface area contributed by atoms with Crippen molar-refractivity contribution in [3.8, 4) is 11.5 Å². The van der Waals surface area contributed by atoms with Crippen LogP contribution >= 0.6 is 0 Å². The number of rotatable bonds is 10. The molecular formula is C24H34N2O4. The molecule has 1 saturated heterocycles. The van der Waals surface area contributed by atoms with Crippen molar-refractivity contribution in [3.05, 3.63) is 53.6 Å². The molecule has 30 heavy (non-hydrogen) atoms. The first-order valence-electron chi connectivity index (χ1n) is 10.6. The Balaban J connectivity index is 1.33. The van der Waals surface area contributed by atoms with Gasteiger partial charge in [0.05, 0.1) is 32.1 Å². The van der Waals surface area contributed by atoms with Gasteiger partial charge in [-0.05, 0) is 37.1 Å². The Hall–Kier alpha value is -2.28. The number of piperazine rings is 1. The fourth-order valence-corrected chi connectivity index (χ4v) is 3.86. The lowest BCUT2D eigenvalue weighted by atomic mass is 10.1. The molecule has 6 nitrogen and oxygen atoms in total. The summed E-state index contributed by atoms with van der Waals surface area (Å²) in [5.74, 6) is 1.83. The number of aliphatic hydroxyl groups excluding tert-OH is 1. The molecule has 3 rings (SSSR count). The van der Waals surface area contributed by atoms with Crippen LogP contribution in [0.5, 0.6) is 11.5 Å². The number of benzene rings is 2. The monoisotopic (exact) mass is 414 g/mol. The van der Waals surface area contributed by atoms with E-state index in [0.29, 0.717) is 26.4 Å². The van der Waals surface area contributed by atoms with Gasteiger partial charge in [-0.3, -0.25) is 4.90 Å². The second kappa shape index (κ2) is 11.2. The Morgan fingerprint density at radius 3 is 2.33 bits per heavy atom. The molecule has 0 bridgehead atoms. The Kier molecular flexibility index (Phi) is 8.37. The maximum Gasteiger partial charge on any atom is 0.142 e. The molecule has 1 heterocycles. The summed E-state index contributed by atoms with van der Waals surface area (Å²) < 4.78 is 16.9. The largest absolute Gasteiger partial charge is 0.495 e. The molecule has 6 heteroatoms. The van der Waals surface area contributed by atoms with E-state index in [1.54, 1.807) is 7.11 Å². The van der Waals surface area contributed by atoms with Crippen LogP contribution in [0.3, 0.4) is 0 Å². The zero-order valence-electron chi connectivity index (χ0n) is 18.3. The van der Waals surface area contributed by atoms with E-state index in [1.807, 2.05) is 50.2 Å². The molecule has 1 aliphatic heterocycles. The minimum Gasteiger partial charge on any atom is -0.495 e. The normalized spacial score (nSPS) is 15.8. The first kappa shape index (κ1) is 22.4. The van der Waals surface area contributed by atoms with Crippen molar-refractivity contribution < 1.29 is 19.3 Å². The topological polar surface area (TPSA) is 54.4 Å². The summed E-state index contributed by atoms with van der Waals surface area (Å²) in [5, 5.41) is 10.3. The quantitative estimate of drug-likeness (QED) is 0.604. The first-order valence-corrected chi connectivity index (χ1v) is 10.6. The van der Waals surface area contributed by atoms with E-state index in [0.717, 1.165) is 54.5 Å². The molecule has 0 aromatic heterocycles. The van der Waals surface area contributed by atoms with Crippen LogP contribution < -0.4 is 14.4 Å². The standard InChI is InChI=1S/C24H34N2O4/c1-19-7-6-8-20(2)24(19)30-16-15-29-18-21(27)17-25-11-13-26(14-12-25)22-9-4-5-10-23(22)28-3/h4-10,21,27H,11-18H2,1-3H3. The third kappa shape index (κ3) is 6.11. The second-order valence-electron chi connectivity index (χ2n) is 7.76. The van der Waals surface area contributed by atoms with Crippen LogP contribution in [0.4, 0.5) is 5.69 Å². The number of ether oxygens (including phenoxy) is 3. The van der Waals surface area contributed by atoms with Crippen LogP contribution in [-0.4, -0.2) is 75.8 Å². The van der Waals surface area contributed by atoms with Crippen molar-refractivity contribution in [1.29, 1.82) is 0 Å². The van der Waals surface area contributed by atoms with E-state index in [9.17, 15) is 5.11 Å². The van der Waals surface area contributed by atoms with Gasteiger partial charge in [-0.25, -0.2) is 0 Å². The number of methoxy groups -OCH3 is 1. The molecule has 1 aliphatic rings. The zero-order chi connectivity index (χ0) is 21.3. The van der Waals surface area contributed by atoms with E-state index in [-0.39, 0.29) is 0 Å². The third-order valence-corrected chi connectivity index (χ3v) is 5.46. The van der Waals surface area contributed by atoms with Gasteiger partial charge in [0.1, 0.15) is 18.1 Å². The molecule has 2 aromatic carbocycles. The summed E-state index contributed by atoms with van der Waals surface area (Å²) in [6, 6.07) is 14.2. The highest BCUT2D eigenvalue weighted by atomic mass is 16.5. The smallest absolute Gasteiger partial charge is 0.142 e. The maximum atomic E-state index is 10.3. The van der Waals surface area contributed by atoms with Crippen molar-refractivity contribution in [2.75, 3.05) is 64.6 Å². The SMILES string of the molecule is COc1ccccc1N1CCN(CC(O)COCCOc2c(C)cccc2C)CC1. The molecule has 2 aromatic rings. The number of anilines is 1. The van der Waals surface area contributed by atoms with E-state index >= 15 is 0 Å². The van der Waals surface area contributed by atoms with E-state index < -0.39 is 6.10 Å². The Labute approximate surface area is 180 Å². The fourth-order valence-electron chi connectivity index (χ4n) is 3.86. The molecule has 0 aliphatic carbocycles. The lowest BCUT2D eigenvalue weighted by Gasteiger charge is -2.37. The van der Waals surface area contributed by atoms with Gasteiger partial charge in [-0.15, -0.1) is 0 Å². The van der Waals surface area contributed by atoms with Crippen LogP contribution in [0, 0.1) is 13.8 Å². The molecule has 164 valence electrons. The maximum absolute atomic E-state index is 10.3. The molecule has 1 fully saturated rings. The molecular weight excluding hydrogens is 380 g/mol. The van der Waals surface area contributed by atoms with Crippen LogP contribution in [0.2, 0.25) is 0 Å². The zero-order valence-corrected chi connectivity index (χ0v) is 18.3. The van der Waals surface area contributed by atoms with E-state index in [2.05, 4.69) is 15.9 Å². The Morgan fingerprint density at radius 2 is 1.63 bits per heavy atom. The predicted molar refractivity (Wildman–Crippen MR) is 120 cm³/mol. The number of nitrogens with zero attached hydrogens (tertiary/aromatic N) is 2. The van der Waals surface area contributed by atoms with Gasteiger partial charge in [-0.2, -0.15) is 0 Å². The minimum absolute atomic E-state index is 0.322. The Morgan fingerprint density at radius 1 is 0.933 bits per heavy atom. The predicted octanol–water partition coefficient (Wildman–Crippen LogP) is 2.89. The lowest BCUT2D eigenvalue weighted by Crippen LogP contribution is -2.49. The van der Waals surface area contributed by atoms with Gasteiger partial charge in [-0.1, -0.05) is 30.3 Å². The van der Waals surface area contributed by atoms with Crippen LogP contribution in [-0.2, 0) is 4.74 Å². The highest BCUT2D eigenvalue weighted by molar-refractivity contribution is 5.58. The van der Waals surface area contributed by atoms with Crippen molar-refractivity contribution in [3.63, 3.8) is 0 Å². The molecule has 0 radical (unpaired) electrons. The number of para-hydroxylation sites is 3. The molecule has 0 saturated carbocycles. The van der Waals surface area contributed by atoms with Crippen molar-refractivity contribution in [2.24, 2.45) is 0 Å². The average molecular weight is 415 g/mol. The summed E-state index contributed by atoms with van der Waals surface area (Å²) in [5.41, 5.74) is 3.39. The first-order chi connectivity index (χ1) is 14.6. The summed E-state index contributed by atoms with van der Waals surface area (Å²) >= 11 is 0. The average Bonchev–Trinajstić information content (AvgIpc) is 2.76. The van der Waals surface area contributed by atoms with Gasteiger partial charge in [0, 0.05) is 32.7 Å². The second-order valence-corrected chi connectivity index (χ2v) is 7.76. The highest BCUT2D eigenvalue weighted by Gasteiger charge is 2.21. The van der Waals surface area contributed by atoms with Gasteiger partial charge in [0.2, 0.25) is 0 Å². The summed E-state index contributed by atoms with van der Waals surface area (Å²) in [4.78, 5) is 4.62. The summed E-state index contributed by atoms with van der Waals surface area (Å²) in [7, 11) is 1.71. The Bertz CT molecular complexity index is 770. The molecule has 1 N–H and O–H groups in total. The van der Waals surface area contributed by atoms with Gasteiger partial charge in [0.25, 0.3) is 0 Å². The van der Waals surface area contributed by atoms with Crippen molar-refractivity contribution >= 4 is 5.69 Å². The van der Waals surface area contributed by atoms with Gasteiger partial charge >= 0.3 is 0 Å². The molecule has 0 amide bonds. The number of β-amino-alcohol motifs (C(OH)–C–C–N with tert-alkyl or cyclic N) is 1. The highest BCUT2D eigenvalue weighted by Crippen LogP contribution is 2.28. The summed E-state index contributed by atoms with van der Waals surface area (Å²) in [6.07, 6.45) is -0.497. The number of hydrogen-bond acceptors (Lipinski definition) is 6. The van der Waals surface area contributed by atoms with Crippen LogP contribution in [0.25, 0.3) is 0 Å².